The Balaban J connectivity index is 2.06. The van der Waals surface area contributed by atoms with E-state index in [1.54, 1.807) is 18.1 Å². The molecule has 0 fully saturated rings. The number of anilines is 1. The number of furan rings is 1. The first kappa shape index (κ1) is 12.5. The van der Waals surface area contributed by atoms with E-state index in [4.69, 9.17) is 9.15 Å². The molecule has 0 N–H and O–H groups in total. The summed E-state index contributed by atoms with van der Waals surface area (Å²) in [5, 5.41) is 0. The van der Waals surface area contributed by atoms with Crippen LogP contribution in [0.25, 0.3) is 6.08 Å². The van der Waals surface area contributed by atoms with Crippen molar-refractivity contribution >= 4 is 17.9 Å². The molecule has 4 nitrogen and oxygen atoms in total. The number of nitrogens with zero attached hydrogens (tertiary/aromatic N) is 1. The van der Waals surface area contributed by atoms with Crippen LogP contribution in [-0.2, 0) is 4.74 Å². The molecule has 102 valence electrons. The van der Waals surface area contributed by atoms with E-state index in [-0.39, 0.29) is 12.1 Å². The Morgan fingerprint density at radius 3 is 2.90 bits per heavy atom. The molecule has 4 heteroatoms. The lowest BCUT2D eigenvalue weighted by Crippen LogP contribution is -2.36. The van der Waals surface area contributed by atoms with E-state index in [0.29, 0.717) is 12.4 Å². The van der Waals surface area contributed by atoms with Gasteiger partial charge in [0, 0.05) is 0 Å². The van der Waals surface area contributed by atoms with Gasteiger partial charge < -0.3 is 9.15 Å². The molecule has 1 aliphatic rings. The summed E-state index contributed by atoms with van der Waals surface area (Å²) in [4.78, 5) is 13.9. The van der Waals surface area contributed by atoms with Crippen LogP contribution >= 0.6 is 0 Å². The molecule has 2 aromatic rings. The first-order chi connectivity index (χ1) is 9.81. The second kappa shape index (κ2) is 5.25. The highest BCUT2D eigenvalue weighted by atomic mass is 16.6. The lowest BCUT2D eigenvalue weighted by Gasteiger charge is -2.31. The number of carbonyl (C=O) groups is 1. The first-order valence-electron chi connectivity index (χ1n) is 6.58. The maximum absolute atomic E-state index is 12.3. The summed E-state index contributed by atoms with van der Waals surface area (Å²) in [5.74, 6) is 0.712. The van der Waals surface area contributed by atoms with Gasteiger partial charge in [0.2, 0.25) is 0 Å². The molecule has 0 radical (unpaired) electrons. The standard InChI is InChI=1S/C16H15NO3/c1-2-19-16(18)17-13-7-4-3-6-12(13)9-10-14(17)15-8-5-11-20-15/h3-11,14H,2H2,1H3. The summed E-state index contributed by atoms with van der Waals surface area (Å²) < 4.78 is 10.6. The van der Waals surface area contributed by atoms with Gasteiger partial charge in [0.25, 0.3) is 0 Å². The molecular weight excluding hydrogens is 254 g/mol. The van der Waals surface area contributed by atoms with Crippen LogP contribution in [0.3, 0.4) is 0 Å². The Morgan fingerprint density at radius 2 is 2.15 bits per heavy atom. The fourth-order valence-electron chi connectivity index (χ4n) is 2.37. The SMILES string of the molecule is CCOC(=O)N1c2ccccc2C=CC1c1ccco1. The van der Waals surface area contributed by atoms with Crippen LogP contribution in [0.15, 0.2) is 53.2 Å². The van der Waals surface area contributed by atoms with Crippen LogP contribution in [0.4, 0.5) is 10.5 Å². The molecule has 0 spiro atoms. The minimum Gasteiger partial charge on any atom is -0.467 e. The molecule has 1 aromatic heterocycles. The highest BCUT2D eigenvalue weighted by molar-refractivity contribution is 5.93. The summed E-state index contributed by atoms with van der Waals surface area (Å²) in [6.07, 6.45) is 5.18. The Morgan fingerprint density at radius 1 is 1.30 bits per heavy atom. The fourth-order valence-corrected chi connectivity index (χ4v) is 2.37. The Labute approximate surface area is 117 Å². The molecule has 0 bridgehead atoms. The molecule has 1 aliphatic heterocycles. The topological polar surface area (TPSA) is 42.7 Å². The van der Waals surface area contributed by atoms with Crippen LogP contribution in [-0.4, -0.2) is 12.7 Å². The Hall–Kier alpha value is -2.49. The summed E-state index contributed by atoms with van der Waals surface area (Å²) >= 11 is 0. The van der Waals surface area contributed by atoms with Gasteiger partial charge in [0.1, 0.15) is 11.8 Å². The number of amides is 1. The monoisotopic (exact) mass is 269 g/mol. The van der Waals surface area contributed by atoms with Gasteiger partial charge in [-0.25, -0.2) is 4.79 Å². The third-order valence-electron chi connectivity index (χ3n) is 3.23. The molecule has 3 rings (SSSR count). The van der Waals surface area contributed by atoms with Crippen molar-refractivity contribution in [3.8, 4) is 0 Å². The van der Waals surface area contributed by atoms with Gasteiger partial charge in [-0.05, 0) is 30.7 Å². The molecule has 1 amide bonds. The van der Waals surface area contributed by atoms with Crippen molar-refractivity contribution in [2.24, 2.45) is 0 Å². The number of benzene rings is 1. The number of para-hydroxylation sites is 1. The average Bonchev–Trinajstić information content (AvgIpc) is 3.00. The molecule has 1 aromatic carbocycles. The van der Waals surface area contributed by atoms with E-state index >= 15 is 0 Å². The van der Waals surface area contributed by atoms with Gasteiger partial charge in [-0.1, -0.05) is 30.4 Å². The number of hydrogen-bond donors (Lipinski definition) is 0. The lowest BCUT2D eigenvalue weighted by atomic mass is 10.0. The lowest BCUT2D eigenvalue weighted by molar-refractivity contribution is 0.157. The maximum Gasteiger partial charge on any atom is 0.415 e. The van der Waals surface area contributed by atoms with Crippen molar-refractivity contribution in [2.45, 2.75) is 13.0 Å². The molecule has 0 saturated carbocycles. The molecule has 20 heavy (non-hydrogen) atoms. The highest BCUT2D eigenvalue weighted by Gasteiger charge is 2.31. The predicted molar refractivity (Wildman–Crippen MR) is 76.4 cm³/mol. The van der Waals surface area contributed by atoms with Crippen molar-refractivity contribution in [1.29, 1.82) is 0 Å². The van der Waals surface area contributed by atoms with E-state index < -0.39 is 0 Å². The quantitative estimate of drug-likeness (QED) is 0.827. The van der Waals surface area contributed by atoms with E-state index in [2.05, 4.69) is 0 Å². The van der Waals surface area contributed by atoms with Gasteiger partial charge in [-0.3, -0.25) is 4.90 Å². The molecule has 1 atom stereocenters. The normalized spacial score (nSPS) is 16.9. The number of carbonyl (C=O) groups excluding carboxylic acids is 1. The van der Waals surface area contributed by atoms with Crippen molar-refractivity contribution in [1.82, 2.24) is 0 Å². The zero-order valence-corrected chi connectivity index (χ0v) is 11.2. The third-order valence-corrected chi connectivity index (χ3v) is 3.23. The third kappa shape index (κ3) is 2.09. The molecule has 1 unspecified atom stereocenters. The minimum atomic E-state index is -0.370. The van der Waals surface area contributed by atoms with Gasteiger partial charge in [-0.2, -0.15) is 0 Å². The van der Waals surface area contributed by atoms with E-state index in [0.717, 1.165) is 11.3 Å². The molecular formula is C16H15NO3. The summed E-state index contributed by atoms with van der Waals surface area (Å²) in [6.45, 7) is 2.14. The van der Waals surface area contributed by atoms with Crippen LogP contribution in [0.1, 0.15) is 24.3 Å². The fraction of sp³-hybridized carbons (Fsp3) is 0.188. The average molecular weight is 269 g/mol. The Bertz CT molecular complexity index is 631. The Kier molecular flexibility index (Phi) is 3.29. The largest absolute Gasteiger partial charge is 0.467 e. The zero-order valence-electron chi connectivity index (χ0n) is 11.2. The van der Waals surface area contributed by atoms with Crippen molar-refractivity contribution < 1.29 is 13.9 Å². The van der Waals surface area contributed by atoms with E-state index in [9.17, 15) is 4.79 Å². The smallest absolute Gasteiger partial charge is 0.415 e. The number of fused-ring (bicyclic) bond motifs is 1. The summed E-state index contributed by atoms with van der Waals surface area (Å²) in [7, 11) is 0. The molecule has 0 saturated heterocycles. The first-order valence-corrected chi connectivity index (χ1v) is 6.58. The van der Waals surface area contributed by atoms with E-state index in [1.807, 2.05) is 48.6 Å². The van der Waals surface area contributed by atoms with Crippen LogP contribution < -0.4 is 4.90 Å². The predicted octanol–water partition coefficient (Wildman–Crippen LogP) is 4.01. The molecule has 0 aliphatic carbocycles. The maximum atomic E-state index is 12.3. The van der Waals surface area contributed by atoms with Gasteiger partial charge in [0.05, 0.1) is 18.6 Å². The van der Waals surface area contributed by atoms with Gasteiger partial charge in [-0.15, -0.1) is 0 Å². The van der Waals surface area contributed by atoms with Gasteiger partial charge >= 0.3 is 6.09 Å². The van der Waals surface area contributed by atoms with Crippen LogP contribution in [0.5, 0.6) is 0 Å². The second-order valence-electron chi connectivity index (χ2n) is 4.45. The van der Waals surface area contributed by atoms with Crippen molar-refractivity contribution in [3.63, 3.8) is 0 Å². The summed E-state index contributed by atoms with van der Waals surface area (Å²) in [6, 6.07) is 11.1. The minimum absolute atomic E-state index is 0.279. The summed E-state index contributed by atoms with van der Waals surface area (Å²) in [5.41, 5.74) is 1.82. The highest BCUT2D eigenvalue weighted by Crippen LogP contribution is 2.36. The number of ether oxygens (including phenoxy) is 1. The van der Waals surface area contributed by atoms with Crippen LogP contribution in [0.2, 0.25) is 0 Å². The van der Waals surface area contributed by atoms with E-state index in [1.165, 1.54) is 0 Å². The van der Waals surface area contributed by atoms with Crippen molar-refractivity contribution in [2.75, 3.05) is 11.5 Å². The second-order valence-corrected chi connectivity index (χ2v) is 4.45. The number of hydrogen-bond acceptors (Lipinski definition) is 3. The molecule has 2 heterocycles. The van der Waals surface area contributed by atoms with Crippen molar-refractivity contribution in [3.05, 3.63) is 60.1 Å². The zero-order chi connectivity index (χ0) is 13.9. The van der Waals surface area contributed by atoms with Gasteiger partial charge in [0.15, 0.2) is 0 Å². The number of rotatable bonds is 2. The van der Waals surface area contributed by atoms with Crippen LogP contribution in [0, 0.1) is 0 Å².